The van der Waals surface area contributed by atoms with Crippen LogP contribution in [0.5, 0.6) is 0 Å². The number of rotatable bonds is 3. The maximum atomic E-state index is 12.7. The van der Waals surface area contributed by atoms with Crippen LogP contribution in [-0.4, -0.2) is 35.9 Å². The van der Waals surface area contributed by atoms with E-state index in [4.69, 9.17) is 0 Å². The average molecular weight is 336 g/mol. The second-order valence-electron chi connectivity index (χ2n) is 6.43. The van der Waals surface area contributed by atoms with E-state index in [1.165, 1.54) is 0 Å². The summed E-state index contributed by atoms with van der Waals surface area (Å²) < 4.78 is 0. The molecule has 6 nitrogen and oxygen atoms in total. The maximum Gasteiger partial charge on any atom is 0.259 e. The molecule has 25 heavy (non-hydrogen) atoms. The highest BCUT2D eigenvalue weighted by Crippen LogP contribution is 2.31. The van der Waals surface area contributed by atoms with Gasteiger partial charge in [-0.2, -0.15) is 0 Å². The third kappa shape index (κ3) is 3.13. The lowest BCUT2D eigenvalue weighted by Crippen LogP contribution is -2.35. The number of fused-ring (bicyclic) bond motifs is 1. The van der Waals surface area contributed by atoms with E-state index in [-0.39, 0.29) is 17.9 Å². The highest BCUT2D eigenvalue weighted by Gasteiger charge is 2.27. The Morgan fingerprint density at radius 3 is 2.96 bits per heavy atom. The molecule has 0 unspecified atom stereocenters. The number of carbonyl (C=O) groups is 2. The molecule has 128 valence electrons. The molecule has 4 rings (SSSR count). The summed E-state index contributed by atoms with van der Waals surface area (Å²) in [5, 5.41) is 6.17. The Bertz CT molecular complexity index is 800. The highest BCUT2D eigenvalue weighted by atomic mass is 16.2. The van der Waals surface area contributed by atoms with E-state index in [1.807, 2.05) is 18.2 Å². The predicted molar refractivity (Wildman–Crippen MR) is 95.7 cm³/mol. The lowest BCUT2D eigenvalue weighted by Gasteiger charge is -2.18. The molecule has 2 aromatic rings. The number of benzene rings is 1. The molecular formula is C19H20N4O2. The molecule has 1 fully saturated rings. The quantitative estimate of drug-likeness (QED) is 0.899. The number of amides is 2. The standard InChI is InChI=1S/C19H20N4O2/c24-18(16-4-2-9-21-16)22-15-5-6-17-13(11-15)7-10-23(17)19(25)14-3-1-8-20-12-14/h1,3,5-6,8,11-12,16,21H,2,4,7,9-10H2,(H,22,24)/t16-/m0/s1. The molecule has 2 N–H and O–H groups in total. The van der Waals surface area contributed by atoms with Crippen molar-refractivity contribution in [2.24, 2.45) is 0 Å². The first-order valence-corrected chi connectivity index (χ1v) is 8.61. The third-order valence-corrected chi connectivity index (χ3v) is 4.77. The number of pyridine rings is 1. The minimum absolute atomic E-state index is 0.0127. The van der Waals surface area contributed by atoms with Crippen molar-refractivity contribution < 1.29 is 9.59 Å². The third-order valence-electron chi connectivity index (χ3n) is 4.77. The van der Waals surface area contributed by atoms with Gasteiger partial charge in [0, 0.05) is 30.3 Å². The highest BCUT2D eigenvalue weighted by molar-refractivity contribution is 6.07. The van der Waals surface area contributed by atoms with Crippen LogP contribution in [0.4, 0.5) is 11.4 Å². The number of anilines is 2. The fourth-order valence-electron chi connectivity index (χ4n) is 3.47. The van der Waals surface area contributed by atoms with Crippen LogP contribution >= 0.6 is 0 Å². The van der Waals surface area contributed by atoms with E-state index in [1.54, 1.807) is 29.4 Å². The van der Waals surface area contributed by atoms with Gasteiger partial charge in [0.2, 0.25) is 5.91 Å². The van der Waals surface area contributed by atoms with Gasteiger partial charge in [0.05, 0.1) is 11.6 Å². The molecule has 1 saturated heterocycles. The zero-order valence-electron chi connectivity index (χ0n) is 13.9. The van der Waals surface area contributed by atoms with Crippen LogP contribution in [0.3, 0.4) is 0 Å². The molecule has 2 aliphatic heterocycles. The molecule has 2 amide bonds. The number of carbonyl (C=O) groups excluding carboxylic acids is 2. The summed E-state index contributed by atoms with van der Waals surface area (Å²) in [6.07, 6.45) is 5.94. The fourth-order valence-corrected chi connectivity index (χ4v) is 3.47. The molecule has 2 aliphatic rings. The first kappa shape index (κ1) is 15.8. The van der Waals surface area contributed by atoms with Crippen LogP contribution in [0.2, 0.25) is 0 Å². The van der Waals surface area contributed by atoms with E-state index >= 15 is 0 Å². The van der Waals surface area contributed by atoms with Gasteiger partial charge in [0.1, 0.15) is 0 Å². The Hall–Kier alpha value is -2.73. The lowest BCUT2D eigenvalue weighted by molar-refractivity contribution is -0.117. The van der Waals surface area contributed by atoms with Crippen LogP contribution in [-0.2, 0) is 11.2 Å². The second kappa shape index (κ2) is 6.64. The van der Waals surface area contributed by atoms with Gasteiger partial charge < -0.3 is 15.5 Å². The van der Waals surface area contributed by atoms with Gasteiger partial charge in [-0.05, 0) is 61.7 Å². The van der Waals surface area contributed by atoms with Gasteiger partial charge in [0.15, 0.2) is 0 Å². The Labute approximate surface area is 146 Å². The summed E-state index contributed by atoms with van der Waals surface area (Å²) in [6, 6.07) is 9.18. The number of nitrogens with zero attached hydrogens (tertiary/aromatic N) is 2. The van der Waals surface area contributed by atoms with E-state index < -0.39 is 0 Å². The van der Waals surface area contributed by atoms with Crippen molar-refractivity contribution in [1.29, 1.82) is 0 Å². The van der Waals surface area contributed by atoms with Crippen molar-refractivity contribution in [3.8, 4) is 0 Å². The summed E-state index contributed by atoms with van der Waals surface area (Å²) in [6.45, 7) is 1.54. The maximum absolute atomic E-state index is 12.7. The number of nitrogens with one attached hydrogen (secondary N) is 2. The lowest BCUT2D eigenvalue weighted by atomic mass is 10.1. The molecule has 0 bridgehead atoms. The number of hydrogen-bond acceptors (Lipinski definition) is 4. The molecule has 0 spiro atoms. The molecule has 1 atom stereocenters. The monoisotopic (exact) mass is 336 g/mol. The number of aromatic nitrogens is 1. The smallest absolute Gasteiger partial charge is 0.259 e. The molecule has 1 aromatic heterocycles. The molecular weight excluding hydrogens is 316 g/mol. The van der Waals surface area contributed by atoms with E-state index in [0.29, 0.717) is 12.1 Å². The predicted octanol–water partition coefficient (Wildman–Crippen LogP) is 1.97. The minimum atomic E-state index is -0.100. The SMILES string of the molecule is O=C(Nc1ccc2c(c1)CCN2C(=O)c1cccnc1)[C@@H]1CCCN1. The topological polar surface area (TPSA) is 74.3 Å². The Kier molecular flexibility index (Phi) is 4.19. The summed E-state index contributed by atoms with van der Waals surface area (Å²) in [5.41, 5.74) is 3.36. The van der Waals surface area contributed by atoms with Crippen LogP contribution in [0, 0.1) is 0 Å². The van der Waals surface area contributed by atoms with E-state index in [0.717, 1.165) is 42.7 Å². The van der Waals surface area contributed by atoms with Crippen molar-refractivity contribution in [2.75, 3.05) is 23.3 Å². The zero-order valence-corrected chi connectivity index (χ0v) is 13.9. The molecule has 0 saturated carbocycles. The first-order chi connectivity index (χ1) is 12.2. The largest absolute Gasteiger partial charge is 0.325 e. The molecule has 6 heteroatoms. The van der Waals surface area contributed by atoms with Gasteiger partial charge in [-0.1, -0.05) is 0 Å². The normalized spacial score (nSPS) is 18.9. The van der Waals surface area contributed by atoms with Crippen molar-refractivity contribution in [3.63, 3.8) is 0 Å². The molecule has 0 radical (unpaired) electrons. The number of hydrogen-bond donors (Lipinski definition) is 2. The first-order valence-electron chi connectivity index (χ1n) is 8.61. The van der Waals surface area contributed by atoms with Gasteiger partial charge in [-0.15, -0.1) is 0 Å². The summed E-state index contributed by atoms with van der Waals surface area (Å²) >= 11 is 0. The molecule has 3 heterocycles. The van der Waals surface area contributed by atoms with Gasteiger partial charge in [0.25, 0.3) is 5.91 Å². The molecule has 1 aromatic carbocycles. The van der Waals surface area contributed by atoms with E-state index in [9.17, 15) is 9.59 Å². The van der Waals surface area contributed by atoms with Crippen molar-refractivity contribution >= 4 is 23.2 Å². The van der Waals surface area contributed by atoms with Crippen molar-refractivity contribution in [3.05, 3.63) is 53.9 Å². The van der Waals surface area contributed by atoms with Crippen molar-refractivity contribution in [2.45, 2.75) is 25.3 Å². The van der Waals surface area contributed by atoms with Crippen LogP contribution < -0.4 is 15.5 Å². The van der Waals surface area contributed by atoms with Crippen LogP contribution in [0.1, 0.15) is 28.8 Å². The Morgan fingerprint density at radius 1 is 1.28 bits per heavy atom. The van der Waals surface area contributed by atoms with Crippen LogP contribution in [0.15, 0.2) is 42.7 Å². The van der Waals surface area contributed by atoms with Gasteiger partial charge in [-0.3, -0.25) is 14.6 Å². The van der Waals surface area contributed by atoms with Gasteiger partial charge in [-0.25, -0.2) is 0 Å². The molecule has 0 aliphatic carbocycles. The van der Waals surface area contributed by atoms with E-state index in [2.05, 4.69) is 15.6 Å². The Morgan fingerprint density at radius 2 is 2.20 bits per heavy atom. The average Bonchev–Trinajstić information content (AvgIpc) is 3.31. The summed E-state index contributed by atoms with van der Waals surface area (Å²) in [4.78, 5) is 30.7. The Balaban J connectivity index is 1.50. The van der Waals surface area contributed by atoms with Crippen LogP contribution in [0.25, 0.3) is 0 Å². The second-order valence-corrected chi connectivity index (χ2v) is 6.43. The van der Waals surface area contributed by atoms with Crippen molar-refractivity contribution in [1.82, 2.24) is 10.3 Å². The summed E-state index contributed by atoms with van der Waals surface area (Å²) in [7, 11) is 0. The zero-order chi connectivity index (χ0) is 17.2. The fraction of sp³-hybridized carbons (Fsp3) is 0.316. The van der Waals surface area contributed by atoms with Gasteiger partial charge >= 0.3 is 0 Å². The summed E-state index contributed by atoms with van der Waals surface area (Å²) in [5.74, 6) is -0.0301. The minimum Gasteiger partial charge on any atom is -0.325 e.